The topological polar surface area (TPSA) is 59.5 Å². The van der Waals surface area contributed by atoms with Crippen molar-refractivity contribution in [3.8, 4) is 0 Å². The van der Waals surface area contributed by atoms with E-state index < -0.39 is 5.97 Å². The first kappa shape index (κ1) is 17.4. The fourth-order valence-electron chi connectivity index (χ4n) is 2.09. The molecule has 2 aromatic rings. The lowest BCUT2D eigenvalue weighted by Crippen LogP contribution is -2.30. The Kier molecular flexibility index (Phi) is 5.74. The zero-order valence-electron chi connectivity index (χ0n) is 13.1. The average molecular weight is 353 g/mol. The third kappa shape index (κ3) is 4.53. The molecule has 0 radical (unpaired) electrons. The Morgan fingerprint density at radius 1 is 1.39 bits per heavy atom. The number of thiophene rings is 1. The van der Waals surface area contributed by atoms with E-state index in [0.29, 0.717) is 12.1 Å². The summed E-state index contributed by atoms with van der Waals surface area (Å²) in [4.78, 5) is 29.7. The van der Waals surface area contributed by atoms with Crippen LogP contribution in [0.15, 0.2) is 22.9 Å². The van der Waals surface area contributed by atoms with Crippen molar-refractivity contribution < 1.29 is 14.3 Å². The Balaban J connectivity index is 1.95. The van der Waals surface area contributed by atoms with Crippen LogP contribution in [0, 0.1) is 13.8 Å². The monoisotopic (exact) mass is 352 g/mol. The van der Waals surface area contributed by atoms with Gasteiger partial charge in [0.05, 0.1) is 5.56 Å². The molecule has 0 unspecified atom stereocenters. The number of aromatic nitrogens is 1. The zero-order valence-corrected chi connectivity index (χ0v) is 14.7. The summed E-state index contributed by atoms with van der Waals surface area (Å²) in [7, 11) is 1.67. The normalized spacial score (nSPS) is 10.4. The van der Waals surface area contributed by atoms with Gasteiger partial charge in [-0.25, -0.2) is 9.78 Å². The Bertz CT molecular complexity index is 693. The number of rotatable bonds is 5. The van der Waals surface area contributed by atoms with E-state index >= 15 is 0 Å². The van der Waals surface area contributed by atoms with Gasteiger partial charge in [0.2, 0.25) is 0 Å². The summed E-state index contributed by atoms with van der Waals surface area (Å²) >= 11 is 7.56. The van der Waals surface area contributed by atoms with E-state index in [1.165, 1.54) is 4.90 Å². The van der Waals surface area contributed by atoms with E-state index in [4.69, 9.17) is 16.3 Å². The first-order valence-corrected chi connectivity index (χ1v) is 8.26. The Labute approximate surface area is 143 Å². The Morgan fingerprint density at radius 2 is 2.13 bits per heavy atom. The lowest BCUT2D eigenvalue weighted by Gasteiger charge is -2.16. The quantitative estimate of drug-likeness (QED) is 0.612. The summed E-state index contributed by atoms with van der Waals surface area (Å²) < 4.78 is 5.08. The number of aryl methyl sites for hydroxylation is 2. The lowest BCUT2D eigenvalue weighted by atomic mass is 10.1. The van der Waals surface area contributed by atoms with Crippen LogP contribution in [0.2, 0.25) is 5.15 Å². The summed E-state index contributed by atoms with van der Waals surface area (Å²) in [6, 6.07) is 3.69. The molecule has 5 nitrogen and oxygen atoms in total. The SMILES string of the molecule is Cc1cc(C)c(C(=O)OCC(=O)N(C)Cc2ccsc2)c(Cl)n1. The molecule has 7 heteroatoms. The smallest absolute Gasteiger partial charge is 0.342 e. The molecular weight excluding hydrogens is 336 g/mol. The molecule has 0 saturated carbocycles. The van der Waals surface area contributed by atoms with Gasteiger partial charge in [-0.2, -0.15) is 11.3 Å². The number of pyridine rings is 1. The van der Waals surface area contributed by atoms with Gasteiger partial charge in [0.1, 0.15) is 5.15 Å². The van der Waals surface area contributed by atoms with Crippen LogP contribution in [0.5, 0.6) is 0 Å². The molecule has 0 aliphatic heterocycles. The van der Waals surface area contributed by atoms with Crippen molar-refractivity contribution >= 4 is 34.8 Å². The van der Waals surface area contributed by atoms with Crippen molar-refractivity contribution in [3.63, 3.8) is 0 Å². The molecule has 0 atom stereocenters. The number of likely N-dealkylation sites (N-methyl/N-ethyl adjacent to an activating group) is 1. The minimum absolute atomic E-state index is 0.0894. The minimum Gasteiger partial charge on any atom is -0.452 e. The first-order chi connectivity index (χ1) is 10.9. The molecule has 0 aliphatic carbocycles. The maximum atomic E-state index is 12.1. The van der Waals surface area contributed by atoms with Crippen molar-refractivity contribution in [2.75, 3.05) is 13.7 Å². The molecule has 0 aromatic carbocycles. The maximum absolute atomic E-state index is 12.1. The van der Waals surface area contributed by atoms with Gasteiger partial charge in [0.15, 0.2) is 6.61 Å². The molecule has 0 bridgehead atoms. The van der Waals surface area contributed by atoms with E-state index in [9.17, 15) is 9.59 Å². The molecular formula is C16H17ClN2O3S. The number of ether oxygens (including phenoxy) is 1. The molecule has 0 saturated heterocycles. The number of esters is 1. The summed E-state index contributed by atoms with van der Waals surface area (Å²) in [6.45, 7) is 3.69. The van der Waals surface area contributed by atoms with Crippen molar-refractivity contribution in [1.29, 1.82) is 0 Å². The van der Waals surface area contributed by atoms with Crippen LogP contribution in [-0.2, 0) is 16.1 Å². The average Bonchev–Trinajstić information content (AvgIpc) is 2.96. The number of amides is 1. The fourth-order valence-corrected chi connectivity index (χ4v) is 3.11. The highest BCUT2D eigenvalue weighted by atomic mass is 35.5. The van der Waals surface area contributed by atoms with Crippen LogP contribution in [0.3, 0.4) is 0 Å². The van der Waals surface area contributed by atoms with Gasteiger partial charge in [-0.15, -0.1) is 0 Å². The number of carbonyl (C=O) groups is 2. The van der Waals surface area contributed by atoms with Crippen molar-refractivity contribution in [1.82, 2.24) is 9.88 Å². The van der Waals surface area contributed by atoms with E-state index in [1.54, 1.807) is 38.3 Å². The number of hydrogen-bond acceptors (Lipinski definition) is 5. The molecule has 122 valence electrons. The summed E-state index contributed by atoms with van der Waals surface area (Å²) in [5.74, 6) is -0.921. The van der Waals surface area contributed by atoms with E-state index in [1.807, 2.05) is 16.8 Å². The minimum atomic E-state index is -0.641. The van der Waals surface area contributed by atoms with Gasteiger partial charge >= 0.3 is 5.97 Å². The highest BCUT2D eigenvalue weighted by Gasteiger charge is 2.19. The molecule has 0 N–H and O–H groups in total. The number of halogens is 1. The summed E-state index contributed by atoms with van der Waals surface area (Å²) in [5.41, 5.74) is 2.63. The first-order valence-electron chi connectivity index (χ1n) is 6.94. The van der Waals surface area contributed by atoms with E-state index in [-0.39, 0.29) is 23.2 Å². The van der Waals surface area contributed by atoms with Crippen LogP contribution in [0.25, 0.3) is 0 Å². The lowest BCUT2D eigenvalue weighted by molar-refractivity contribution is -0.133. The zero-order chi connectivity index (χ0) is 17.0. The van der Waals surface area contributed by atoms with Crippen LogP contribution >= 0.6 is 22.9 Å². The Morgan fingerprint density at radius 3 is 2.74 bits per heavy atom. The van der Waals surface area contributed by atoms with Crippen LogP contribution in [-0.4, -0.2) is 35.4 Å². The van der Waals surface area contributed by atoms with Crippen molar-refractivity contribution in [2.45, 2.75) is 20.4 Å². The largest absolute Gasteiger partial charge is 0.452 e. The Hall–Kier alpha value is -1.92. The van der Waals surface area contributed by atoms with Crippen LogP contribution in [0.1, 0.15) is 27.2 Å². The number of hydrogen-bond donors (Lipinski definition) is 0. The van der Waals surface area contributed by atoms with Gasteiger partial charge in [-0.05, 0) is 47.9 Å². The molecule has 2 rings (SSSR count). The van der Waals surface area contributed by atoms with Crippen LogP contribution < -0.4 is 0 Å². The molecule has 0 spiro atoms. The predicted molar refractivity (Wildman–Crippen MR) is 89.8 cm³/mol. The maximum Gasteiger partial charge on any atom is 0.342 e. The number of nitrogens with zero attached hydrogens (tertiary/aromatic N) is 2. The van der Waals surface area contributed by atoms with E-state index in [2.05, 4.69) is 4.98 Å². The van der Waals surface area contributed by atoms with E-state index in [0.717, 1.165) is 11.3 Å². The predicted octanol–water partition coefficient (Wildman–Crippen LogP) is 3.23. The molecule has 23 heavy (non-hydrogen) atoms. The van der Waals surface area contributed by atoms with Gasteiger partial charge in [-0.1, -0.05) is 11.6 Å². The second kappa shape index (κ2) is 7.57. The highest BCUT2D eigenvalue weighted by Crippen LogP contribution is 2.19. The van der Waals surface area contributed by atoms with Crippen LogP contribution in [0.4, 0.5) is 0 Å². The number of carbonyl (C=O) groups excluding carboxylic acids is 2. The molecule has 0 aliphatic rings. The van der Waals surface area contributed by atoms with Gasteiger partial charge in [0.25, 0.3) is 5.91 Å². The van der Waals surface area contributed by atoms with Crippen molar-refractivity contribution in [2.24, 2.45) is 0 Å². The molecule has 2 aromatic heterocycles. The molecule has 2 heterocycles. The standard InChI is InChI=1S/C16H17ClN2O3S/c1-10-6-11(2)18-15(17)14(10)16(21)22-8-13(20)19(3)7-12-4-5-23-9-12/h4-6,9H,7-8H2,1-3H3. The van der Waals surface area contributed by atoms with Gasteiger partial charge in [0, 0.05) is 19.3 Å². The van der Waals surface area contributed by atoms with Crippen molar-refractivity contribution in [3.05, 3.63) is 50.4 Å². The van der Waals surface area contributed by atoms with Gasteiger partial charge < -0.3 is 9.64 Å². The molecule has 1 amide bonds. The fraction of sp³-hybridized carbons (Fsp3) is 0.312. The third-order valence-electron chi connectivity index (χ3n) is 3.26. The third-order valence-corrected chi connectivity index (χ3v) is 4.26. The summed E-state index contributed by atoms with van der Waals surface area (Å²) in [6.07, 6.45) is 0. The second-order valence-corrected chi connectivity index (χ2v) is 6.34. The van der Waals surface area contributed by atoms with Gasteiger partial charge in [-0.3, -0.25) is 4.79 Å². The second-order valence-electron chi connectivity index (χ2n) is 5.20. The highest BCUT2D eigenvalue weighted by molar-refractivity contribution is 7.07. The summed E-state index contributed by atoms with van der Waals surface area (Å²) in [5, 5.41) is 4.01. The molecule has 0 fully saturated rings.